The highest BCUT2D eigenvalue weighted by atomic mass is 28.3. The first-order chi connectivity index (χ1) is 6.34. The van der Waals surface area contributed by atoms with Gasteiger partial charge in [0.1, 0.15) is 0 Å². The van der Waals surface area contributed by atoms with Crippen molar-refractivity contribution in [2.75, 3.05) is 6.61 Å². The highest BCUT2D eigenvalue weighted by Crippen LogP contribution is 2.14. The van der Waals surface area contributed by atoms with Crippen LogP contribution < -0.4 is 0 Å². The Morgan fingerprint density at radius 1 is 1.31 bits per heavy atom. The highest BCUT2D eigenvalue weighted by molar-refractivity contribution is 6.18. The van der Waals surface area contributed by atoms with Crippen LogP contribution in [0.4, 0.5) is 0 Å². The summed E-state index contributed by atoms with van der Waals surface area (Å²) in [6.07, 6.45) is 0.166. The Morgan fingerprint density at radius 2 is 2.00 bits per heavy atom. The molecule has 0 aliphatic carbocycles. The maximum Gasteiger partial charge on any atom is 0.304 e. The summed E-state index contributed by atoms with van der Waals surface area (Å²) < 4.78 is 10.8. The third-order valence-electron chi connectivity index (χ3n) is 1.87. The predicted molar refractivity (Wildman–Crippen MR) is 56.1 cm³/mol. The van der Waals surface area contributed by atoms with Crippen molar-refractivity contribution in [2.24, 2.45) is 0 Å². The molecule has 72 valence electrons. The summed E-state index contributed by atoms with van der Waals surface area (Å²) in [5, 5.41) is 0. The molecule has 2 nitrogen and oxygen atoms in total. The predicted octanol–water partition coefficient (Wildman–Crippen LogP) is 1.80. The van der Waals surface area contributed by atoms with Crippen molar-refractivity contribution in [2.45, 2.75) is 20.0 Å². The van der Waals surface area contributed by atoms with Gasteiger partial charge in [0.2, 0.25) is 0 Å². The highest BCUT2D eigenvalue weighted by Gasteiger charge is 2.03. The molecule has 0 radical (unpaired) electrons. The van der Waals surface area contributed by atoms with Crippen molar-refractivity contribution in [1.29, 1.82) is 0 Å². The van der Waals surface area contributed by atoms with Gasteiger partial charge in [-0.25, -0.2) is 0 Å². The zero-order valence-electron chi connectivity index (χ0n) is 8.19. The van der Waals surface area contributed by atoms with E-state index in [4.69, 9.17) is 8.85 Å². The van der Waals surface area contributed by atoms with Gasteiger partial charge in [-0.15, -0.1) is 0 Å². The summed E-state index contributed by atoms with van der Waals surface area (Å²) in [6, 6.07) is 10.2. The van der Waals surface area contributed by atoms with E-state index in [0.717, 1.165) is 6.61 Å². The van der Waals surface area contributed by atoms with Gasteiger partial charge < -0.3 is 8.85 Å². The number of hydrogen-bond acceptors (Lipinski definition) is 2. The molecule has 1 aromatic rings. The Bertz CT molecular complexity index is 226. The Morgan fingerprint density at radius 3 is 2.62 bits per heavy atom. The van der Waals surface area contributed by atoms with Crippen molar-refractivity contribution < 1.29 is 8.85 Å². The zero-order valence-corrected chi connectivity index (χ0v) is 9.61. The van der Waals surface area contributed by atoms with E-state index in [1.54, 1.807) is 0 Å². The van der Waals surface area contributed by atoms with Crippen LogP contribution in [-0.4, -0.2) is 16.6 Å². The molecule has 0 saturated heterocycles. The molecule has 0 fully saturated rings. The molecule has 0 N–H and O–H groups in total. The largest absolute Gasteiger partial charge is 0.399 e. The summed E-state index contributed by atoms with van der Waals surface area (Å²) in [6.45, 7) is 4.80. The van der Waals surface area contributed by atoms with Gasteiger partial charge in [-0.3, -0.25) is 0 Å². The molecule has 0 heterocycles. The third kappa shape index (κ3) is 3.72. The lowest BCUT2D eigenvalue weighted by Crippen LogP contribution is -2.08. The smallest absolute Gasteiger partial charge is 0.304 e. The Hall–Kier alpha value is -0.643. The second kappa shape index (κ2) is 5.91. The van der Waals surface area contributed by atoms with Crippen LogP contribution in [0, 0.1) is 0 Å². The molecule has 3 heteroatoms. The molecular formula is C10H16O2Si. The zero-order chi connectivity index (χ0) is 9.52. The molecule has 0 aromatic heterocycles. The van der Waals surface area contributed by atoms with Crippen LogP contribution in [0.15, 0.2) is 30.3 Å². The van der Waals surface area contributed by atoms with Crippen LogP contribution >= 0.6 is 0 Å². The summed E-state index contributed by atoms with van der Waals surface area (Å²) in [5.74, 6) is 0. The minimum atomic E-state index is -0.780. The second-order valence-corrected chi connectivity index (χ2v) is 3.81. The number of benzene rings is 1. The monoisotopic (exact) mass is 196 g/mol. The van der Waals surface area contributed by atoms with Gasteiger partial charge in [-0.2, -0.15) is 0 Å². The average Bonchev–Trinajstić information content (AvgIpc) is 2.19. The van der Waals surface area contributed by atoms with E-state index in [-0.39, 0.29) is 6.10 Å². The normalized spacial score (nSPS) is 13.7. The Kier molecular flexibility index (Phi) is 4.75. The lowest BCUT2D eigenvalue weighted by atomic mass is 10.1. The number of rotatable bonds is 5. The first-order valence-corrected chi connectivity index (χ1v) is 5.74. The minimum Gasteiger partial charge on any atom is -0.399 e. The Labute approximate surface area is 81.9 Å². The maximum absolute atomic E-state index is 5.59. The average molecular weight is 196 g/mol. The van der Waals surface area contributed by atoms with Gasteiger partial charge >= 0.3 is 10.0 Å². The molecule has 0 bridgehead atoms. The van der Waals surface area contributed by atoms with E-state index in [1.807, 2.05) is 25.1 Å². The molecule has 1 rings (SSSR count). The maximum atomic E-state index is 5.59. The lowest BCUT2D eigenvalue weighted by molar-refractivity contribution is 0.174. The molecule has 0 amide bonds. The molecule has 13 heavy (non-hydrogen) atoms. The van der Waals surface area contributed by atoms with E-state index < -0.39 is 10.0 Å². The van der Waals surface area contributed by atoms with Crippen LogP contribution in [0.25, 0.3) is 0 Å². The third-order valence-corrected chi connectivity index (χ3v) is 3.09. The fourth-order valence-corrected chi connectivity index (χ4v) is 1.71. The van der Waals surface area contributed by atoms with Crippen LogP contribution in [-0.2, 0) is 8.85 Å². The van der Waals surface area contributed by atoms with Crippen molar-refractivity contribution in [3.05, 3.63) is 35.9 Å². The quantitative estimate of drug-likeness (QED) is 0.528. The fraction of sp³-hybridized carbons (Fsp3) is 0.400. The van der Waals surface area contributed by atoms with Crippen LogP contribution in [0.2, 0.25) is 0 Å². The molecule has 0 aliphatic rings. The molecular weight excluding hydrogens is 180 g/mol. The molecule has 1 atom stereocenters. The summed E-state index contributed by atoms with van der Waals surface area (Å²) in [7, 11) is -0.780. The molecule has 0 aliphatic heterocycles. The first-order valence-electron chi connectivity index (χ1n) is 4.59. The van der Waals surface area contributed by atoms with Crippen molar-refractivity contribution >= 4 is 10.0 Å². The van der Waals surface area contributed by atoms with Gasteiger partial charge in [0, 0.05) is 6.61 Å². The van der Waals surface area contributed by atoms with Crippen LogP contribution in [0.5, 0.6) is 0 Å². The van der Waals surface area contributed by atoms with E-state index in [2.05, 4.69) is 19.1 Å². The van der Waals surface area contributed by atoms with E-state index >= 15 is 0 Å². The standard InChI is InChI=1S/C10H16O2Si/c1-3-11-13-12-9(2)10-7-5-4-6-8-10/h4-9H,3,13H2,1-2H3. The van der Waals surface area contributed by atoms with Crippen molar-refractivity contribution in [3.8, 4) is 0 Å². The molecule has 0 spiro atoms. The van der Waals surface area contributed by atoms with E-state index in [1.165, 1.54) is 5.56 Å². The van der Waals surface area contributed by atoms with Gasteiger partial charge in [-0.05, 0) is 19.4 Å². The molecule has 1 aromatic carbocycles. The molecule has 1 unspecified atom stereocenters. The van der Waals surface area contributed by atoms with Crippen molar-refractivity contribution in [1.82, 2.24) is 0 Å². The topological polar surface area (TPSA) is 18.5 Å². The summed E-state index contributed by atoms with van der Waals surface area (Å²) >= 11 is 0. The molecule has 0 saturated carbocycles. The minimum absolute atomic E-state index is 0.166. The second-order valence-electron chi connectivity index (χ2n) is 2.83. The van der Waals surface area contributed by atoms with Gasteiger partial charge in [-0.1, -0.05) is 30.3 Å². The van der Waals surface area contributed by atoms with Gasteiger partial charge in [0.15, 0.2) is 0 Å². The SMILES string of the molecule is CCO[SiH2]OC(C)c1ccccc1. The fourth-order valence-electron chi connectivity index (χ4n) is 1.05. The lowest BCUT2D eigenvalue weighted by Gasteiger charge is -2.12. The van der Waals surface area contributed by atoms with Crippen LogP contribution in [0.3, 0.4) is 0 Å². The van der Waals surface area contributed by atoms with E-state index in [0.29, 0.717) is 0 Å². The van der Waals surface area contributed by atoms with Crippen molar-refractivity contribution in [3.63, 3.8) is 0 Å². The van der Waals surface area contributed by atoms with E-state index in [9.17, 15) is 0 Å². The summed E-state index contributed by atoms with van der Waals surface area (Å²) in [5.41, 5.74) is 1.22. The number of hydrogen-bond donors (Lipinski definition) is 0. The van der Waals surface area contributed by atoms with Gasteiger partial charge in [0.05, 0.1) is 6.10 Å². The van der Waals surface area contributed by atoms with Gasteiger partial charge in [0.25, 0.3) is 0 Å². The summed E-state index contributed by atoms with van der Waals surface area (Å²) in [4.78, 5) is 0. The van der Waals surface area contributed by atoms with Crippen LogP contribution in [0.1, 0.15) is 25.5 Å². The Balaban J connectivity index is 2.35. The first kappa shape index (κ1) is 10.4.